The lowest BCUT2D eigenvalue weighted by molar-refractivity contribution is 0.189. The highest BCUT2D eigenvalue weighted by Gasteiger charge is 2.21. The molecule has 2 N–H and O–H groups in total. The average molecular weight is 236 g/mol. The van der Waals surface area contributed by atoms with Crippen LogP contribution in [0.5, 0.6) is 0 Å². The van der Waals surface area contributed by atoms with Gasteiger partial charge in [-0.05, 0) is 52.7 Å². The Labute approximate surface area is 104 Å². The van der Waals surface area contributed by atoms with Crippen LogP contribution in [0.2, 0.25) is 0 Å². The van der Waals surface area contributed by atoms with E-state index >= 15 is 0 Å². The minimum atomic E-state index is 0.595. The van der Waals surface area contributed by atoms with Gasteiger partial charge in [-0.25, -0.2) is 0 Å². The van der Waals surface area contributed by atoms with E-state index in [4.69, 9.17) is 0 Å². The van der Waals surface area contributed by atoms with Crippen LogP contribution in [0, 0.1) is 12.8 Å². The molecule has 1 aromatic rings. The molecule has 0 aromatic carbocycles. The third-order valence-electron chi connectivity index (χ3n) is 4.02. The van der Waals surface area contributed by atoms with Gasteiger partial charge >= 0.3 is 0 Å². The summed E-state index contributed by atoms with van der Waals surface area (Å²) in [4.78, 5) is 2.42. The molecular formula is C13H24N4. The first kappa shape index (κ1) is 12.6. The predicted octanol–water partition coefficient (Wildman–Crippen LogP) is 1.54. The van der Waals surface area contributed by atoms with Gasteiger partial charge in [0.2, 0.25) is 0 Å². The van der Waals surface area contributed by atoms with E-state index in [0.717, 1.165) is 12.5 Å². The van der Waals surface area contributed by atoms with Crippen molar-refractivity contribution in [1.29, 1.82) is 0 Å². The van der Waals surface area contributed by atoms with Crippen LogP contribution in [0.4, 0.5) is 0 Å². The Bertz CT molecular complexity index is 339. The van der Waals surface area contributed by atoms with Gasteiger partial charge in [0, 0.05) is 23.8 Å². The van der Waals surface area contributed by atoms with Crippen molar-refractivity contribution in [2.45, 2.75) is 39.3 Å². The Kier molecular flexibility index (Phi) is 4.18. The van der Waals surface area contributed by atoms with Gasteiger partial charge in [-0.3, -0.25) is 5.10 Å². The third-order valence-corrected chi connectivity index (χ3v) is 4.02. The van der Waals surface area contributed by atoms with Crippen LogP contribution in [0.3, 0.4) is 0 Å². The fourth-order valence-electron chi connectivity index (χ4n) is 2.52. The first-order valence-electron chi connectivity index (χ1n) is 6.57. The van der Waals surface area contributed by atoms with Crippen molar-refractivity contribution in [3.63, 3.8) is 0 Å². The molecule has 1 atom stereocenters. The van der Waals surface area contributed by atoms with E-state index in [1.54, 1.807) is 0 Å². The number of hydrogen-bond acceptors (Lipinski definition) is 3. The zero-order valence-corrected chi connectivity index (χ0v) is 11.2. The quantitative estimate of drug-likeness (QED) is 0.833. The van der Waals surface area contributed by atoms with Crippen molar-refractivity contribution in [3.8, 4) is 0 Å². The summed E-state index contributed by atoms with van der Waals surface area (Å²) in [5.74, 6) is 0.818. The van der Waals surface area contributed by atoms with Gasteiger partial charge in [0.1, 0.15) is 0 Å². The number of nitrogens with one attached hydrogen (secondary N) is 2. The molecule has 1 aliphatic heterocycles. The maximum absolute atomic E-state index is 4.05. The van der Waals surface area contributed by atoms with Crippen molar-refractivity contribution in [2.75, 3.05) is 20.1 Å². The Morgan fingerprint density at radius 2 is 2.24 bits per heavy atom. The summed E-state index contributed by atoms with van der Waals surface area (Å²) >= 11 is 0. The molecule has 1 aromatic heterocycles. The van der Waals surface area contributed by atoms with Crippen LogP contribution in [-0.2, 0) is 6.54 Å². The van der Waals surface area contributed by atoms with E-state index in [-0.39, 0.29) is 0 Å². The van der Waals surface area contributed by atoms with Gasteiger partial charge in [-0.15, -0.1) is 0 Å². The molecule has 2 rings (SSSR count). The zero-order chi connectivity index (χ0) is 12.3. The molecule has 1 unspecified atom stereocenters. The zero-order valence-electron chi connectivity index (χ0n) is 11.2. The van der Waals surface area contributed by atoms with E-state index < -0.39 is 0 Å². The molecule has 0 amide bonds. The number of aryl methyl sites for hydroxylation is 1. The highest BCUT2D eigenvalue weighted by Crippen LogP contribution is 2.19. The third kappa shape index (κ3) is 3.30. The van der Waals surface area contributed by atoms with E-state index in [9.17, 15) is 0 Å². The normalized spacial score (nSPS) is 20.6. The summed E-state index contributed by atoms with van der Waals surface area (Å²) in [5.41, 5.74) is 2.46. The number of aromatic nitrogens is 2. The molecule has 96 valence electrons. The molecule has 2 heterocycles. The second-order valence-corrected chi connectivity index (χ2v) is 5.33. The Hall–Kier alpha value is -0.870. The molecular weight excluding hydrogens is 212 g/mol. The largest absolute Gasteiger partial charge is 0.310 e. The first-order chi connectivity index (χ1) is 8.16. The van der Waals surface area contributed by atoms with Gasteiger partial charge in [0.15, 0.2) is 0 Å². The molecule has 0 aliphatic carbocycles. The smallest absolute Gasteiger partial charge is 0.0535 e. The maximum Gasteiger partial charge on any atom is 0.0535 e. The lowest BCUT2D eigenvalue weighted by Crippen LogP contribution is -2.40. The highest BCUT2D eigenvalue weighted by molar-refractivity contribution is 5.13. The van der Waals surface area contributed by atoms with E-state index in [1.807, 2.05) is 6.20 Å². The molecule has 17 heavy (non-hydrogen) atoms. The molecule has 1 fully saturated rings. The standard InChI is InChI=1S/C13H24N4/c1-10(12-4-6-17(3)7-5-12)14-8-13-9-15-16-11(13)2/h9-10,12,14H,4-8H2,1-3H3,(H,15,16). The number of nitrogens with zero attached hydrogens (tertiary/aromatic N) is 2. The Balaban J connectivity index is 1.77. The predicted molar refractivity (Wildman–Crippen MR) is 69.8 cm³/mol. The van der Waals surface area contributed by atoms with Crippen molar-refractivity contribution in [3.05, 3.63) is 17.5 Å². The number of aromatic amines is 1. The van der Waals surface area contributed by atoms with Crippen molar-refractivity contribution in [2.24, 2.45) is 5.92 Å². The minimum Gasteiger partial charge on any atom is -0.310 e. The Morgan fingerprint density at radius 1 is 1.53 bits per heavy atom. The topological polar surface area (TPSA) is 44.0 Å². The number of H-pyrrole nitrogens is 1. The lowest BCUT2D eigenvalue weighted by atomic mass is 9.90. The van der Waals surface area contributed by atoms with E-state index in [1.165, 1.54) is 37.2 Å². The fraction of sp³-hybridized carbons (Fsp3) is 0.769. The van der Waals surface area contributed by atoms with Gasteiger partial charge in [0.05, 0.1) is 6.20 Å². The van der Waals surface area contributed by atoms with Crippen LogP contribution in [0.1, 0.15) is 31.0 Å². The van der Waals surface area contributed by atoms with Crippen LogP contribution >= 0.6 is 0 Å². The van der Waals surface area contributed by atoms with Gasteiger partial charge in [-0.1, -0.05) is 0 Å². The van der Waals surface area contributed by atoms with Crippen molar-refractivity contribution in [1.82, 2.24) is 20.4 Å². The number of rotatable bonds is 4. The SMILES string of the molecule is Cc1[nH]ncc1CNC(C)C1CCN(C)CC1. The number of hydrogen-bond donors (Lipinski definition) is 2. The summed E-state index contributed by atoms with van der Waals surface area (Å²) in [6.07, 6.45) is 4.55. The summed E-state index contributed by atoms with van der Waals surface area (Å²) in [7, 11) is 2.21. The highest BCUT2D eigenvalue weighted by atomic mass is 15.1. The summed E-state index contributed by atoms with van der Waals surface area (Å²) in [5, 5.41) is 10.7. The van der Waals surface area contributed by atoms with Crippen LogP contribution in [-0.4, -0.2) is 41.3 Å². The van der Waals surface area contributed by atoms with Gasteiger partial charge < -0.3 is 10.2 Å². The molecule has 0 spiro atoms. The van der Waals surface area contributed by atoms with Crippen LogP contribution in [0.15, 0.2) is 6.20 Å². The lowest BCUT2D eigenvalue weighted by Gasteiger charge is -2.33. The molecule has 1 saturated heterocycles. The second kappa shape index (κ2) is 5.65. The molecule has 1 aliphatic rings. The van der Waals surface area contributed by atoms with Crippen molar-refractivity contribution < 1.29 is 0 Å². The van der Waals surface area contributed by atoms with Crippen molar-refractivity contribution >= 4 is 0 Å². The molecule has 4 heteroatoms. The molecule has 0 bridgehead atoms. The number of likely N-dealkylation sites (tertiary alicyclic amines) is 1. The summed E-state index contributed by atoms with van der Waals surface area (Å²) in [6.45, 7) is 7.79. The fourth-order valence-corrected chi connectivity index (χ4v) is 2.52. The van der Waals surface area contributed by atoms with Crippen LogP contribution < -0.4 is 5.32 Å². The molecule has 0 radical (unpaired) electrons. The van der Waals surface area contributed by atoms with E-state index in [2.05, 4.69) is 41.3 Å². The summed E-state index contributed by atoms with van der Waals surface area (Å²) in [6, 6.07) is 0.595. The first-order valence-corrected chi connectivity index (χ1v) is 6.57. The minimum absolute atomic E-state index is 0.595. The van der Waals surface area contributed by atoms with Gasteiger partial charge in [0.25, 0.3) is 0 Å². The monoisotopic (exact) mass is 236 g/mol. The van der Waals surface area contributed by atoms with Gasteiger partial charge in [-0.2, -0.15) is 5.10 Å². The molecule has 0 saturated carbocycles. The second-order valence-electron chi connectivity index (χ2n) is 5.33. The number of piperidine rings is 1. The maximum atomic E-state index is 4.05. The Morgan fingerprint density at radius 3 is 2.82 bits per heavy atom. The van der Waals surface area contributed by atoms with E-state index in [0.29, 0.717) is 6.04 Å². The van der Waals surface area contributed by atoms with Crippen LogP contribution in [0.25, 0.3) is 0 Å². The molecule has 4 nitrogen and oxygen atoms in total. The summed E-state index contributed by atoms with van der Waals surface area (Å²) < 4.78 is 0. The average Bonchev–Trinajstić information content (AvgIpc) is 2.73.